The lowest BCUT2D eigenvalue weighted by atomic mass is 9.78. The Labute approximate surface area is 66.9 Å². The second-order valence-corrected chi connectivity index (χ2v) is 3.84. The molecule has 2 atom stereocenters. The average molecular weight is 154 g/mol. The molecule has 2 fully saturated rings. The molecule has 0 aromatic heterocycles. The molecule has 0 aromatic rings. The van der Waals surface area contributed by atoms with E-state index in [4.69, 9.17) is 4.74 Å². The summed E-state index contributed by atoms with van der Waals surface area (Å²) in [5, 5.41) is 0. The maximum absolute atomic E-state index is 11.4. The molecule has 62 valence electrons. The highest BCUT2D eigenvalue weighted by Crippen LogP contribution is 2.49. The summed E-state index contributed by atoms with van der Waals surface area (Å²) >= 11 is 0. The van der Waals surface area contributed by atoms with E-state index in [0.717, 1.165) is 12.8 Å². The van der Waals surface area contributed by atoms with E-state index in [-0.39, 0.29) is 11.4 Å². The van der Waals surface area contributed by atoms with E-state index < -0.39 is 0 Å². The van der Waals surface area contributed by atoms with Gasteiger partial charge in [0.2, 0.25) is 0 Å². The minimum Gasteiger partial charge on any atom is -0.465 e. The second kappa shape index (κ2) is 2.23. The summed E-state index contributed by atoms with van der Waals surface area (Å²) in [6.07, 6.45) is 4.44. The molecule has 2 nitrogen and oxygen atoms in total. The minimum absolute atomic E-state index is 0.0556. The molecule has 0 N–H and O–H groups in total. The van der Waals surface area contributed by atoms with Crippen LogP contribution in [0.4, 0.5) is 0 Å². The van der Waals surface area contributed by atoms with Gasteiger partial charge in [-0.15, -0.1) is 0 Å². The van der Waals surface area contributed by atoms with Crippen molar-refractivity contribution in [1.29, 1.82) is 0 Å². The van der Waals surface area contributed by atoms with Crippen LogP contribution in [0.15, 0.2) is 0 Å². The summed E-state index contributed by atoms with van der Waals surface area (Å²) in [5.41, 5.74) is -0.0556. The Morgan fingerprint density at radius 1 is 1.55 bits per heavy atom. The van der Waals surface area contributed by atoms with Crippen LogP contribution in [0.25, 0.3) is 0 Å². The Morgan fingerprint density at radius 2 is 2.36 bits per heavy atom. The zero-order chi connectivity index (χ0) is 7.90. The largest absolute Gasteiger partial charge is 0.465 e. The summed E-state index contributed by atoms with van der Waals surface area (Å²) in [5.74, 6) is 0.625. The van der Waals surface area contributed by atoms with E-state index in [1.54, 1.807) is 0 Å². The number of esters is 1. The third-order valence-electron chi connectivity index (χ3n) is 3.39. The summed E-state index contributed by atoms with van der Waals surface area (Å²) in [7, 11) is 0. The van der Waals surface area contributed by atoms with E-state index in [1.165, 1.54) is 12.8 Å². The van der Waals surface area contributed by atoms with Crippen molar-refractivity contribution < 1.29 is 9.53 Å². The molecule has 1 heterocycles. The second-order valence-electron chi connectivity index (χ2n) is 3.84. The Bertz CT molecular complexity index is 184. The molecule has 2 rings (SSSR count). The van der Waals surface area contributed by atoms with Gasteiger partial charge in [-0.1, -0.05) is 13.3 Å². The van der Waals surface area contributed by atoms with Gasteiger partial charge in [-0.05, 0) is 25.2 Å². The Kier molecular flexibility index (Phi) is 1.44. The number of carbonyl (C=O) groups is 1. The fraction of sp³-hybridized carbons (Fsp3) is 0.889. The standard InChI is InChI=1S/C9H14O2/c1-7-3-2-4-9(7)5-6-11-8(9)10/h7H,2-6H2,1H3/t7-,9?/m1/s1. The molecule has 1 aliphatic carbocycles. The number of ether oxygens (including phenoxy) is 1. The van der Waals surface area contributed by atoms with Crippen molar-refractivity contribution in [2.24, 2.45) is 11.3 Å². The van der Waals surface area contributed by atoms with E-state index in [2.05, 4.69) is 6.92 Å². The number of hydrogen-bond acceptors (Lipinski definition) is 2. The Hall–Kier alpha value is -0.530. The average Bonchev–Trinajstić information content (AvgIpc) is 2.48. The highest BCUT2D eigenvalue weighted by molar-refractivity contribution is 5.79. The molecule has 1 saturated carbocycles. The first-order chi connectivity index (χ1) is 5.26. The van der Waals surface area contributed by atoms with Crippen molar-refractivity contribution in [3.63, 3.8) is 0 Å². The molecule has 0 aromatic carbocycles. The summed E-state index contributed by atoms with van der Waals surface area (Å²) < 4.78 is 5.02. The summed E-state index contributed by atoms with van der Waals surface area (Å²) in [4.78, 5) is 11.4. The quantitative estimate of drug-likeness (QED) is 0.497. The molecule has 1 saturated heterocycles. The van der Waals surface area contributed by atoms with Gasteiger partial charge in [-0.25, -0.2) is 0 Å². The van der Waals surface area contributed by atoms with Gasteiger partial charge in [0.25, 0.3) is 0 Å². The van der Waals surface area contributed by atoms with Crippen LogP contribution in [-0.4, -0.2) is 12.6 Å². The molecule has 1 spiro atoms. The minimum atomic E-state index is -0.0556. The van der Waals surface area contributed by atoms with Crippen LogP contribution in [0.3, 0.4) is 0 Å². The van der Waals surface area contributed by atoms with Crippen LogP contribution >= 0.6 is 0 Å². The molecular formula is C9H14O2. The first-order valence-electron chi connectivity index (χ1n) is 4.43. The van der Waals surface area contributed by atoms with E-state index in [1.807, 2.05) is 0 Å². The lowest BCUT2D eigenvalue weighted by Gasteiger charge is -2.22. The van der Waals surface area contributed by atoms with Gasteiger partial charge in [0.05, 0.1) is 12.0 Å². The maximum Gasteiger partial charge on any atom is 0.312 e. The maximum atomic E-state index is 11.4. The fourth-order valence-electron chi connectivity index (χ4n) is 2.49. The highest BCUT2D eigenvalue weighted by atomic mass is 16.5. The highest BCUT2D eigenvalue weighted by Gasteiger charge is 2.50. The normalized spacial score (nSPS) is 43.4. The van der Waals surface area contributed by atoms with E-state index in [0.29, 0.717) is 12.5 Å². The van der Waals surface area contributed by atoms with Gasteiger partial charge >= 0.3 is 5.97 Å². The van der Waals surface area contributed by atoms with Crippen molar-refractivity contribution in [3.8, 4) is 0 Å². The first kappa shape index (κ1) is 7.14. The molecule has 2 heteroatoms. The predicted octanol–water partition coefficient (Wildman–Crippen LogP) is 1.74. The van der Waals surface area contributed by atoms with Crippen molar-refractivity contribution in [2.75, 3.05) is 6.61 Å². The monoisotopic (exact) mass is 154 g/mol. The van der Waals surface area contributed by atoms with Crippen LogP contribution < -0.4 is 0 Å². The lowest BCUT2D eigenvalue weighted by molar-refractivity contribution is -0.147. The van der Waals surface area contributed by atoms with Crippen LogP contribution in [0, 0.1) is 11.3 Å². The van der Waals surface area contributed by atoms with Gasteiger partial charge in [0.15, 0.2) is 0 Å². The third kappa shape index (κ3) is 0.815. The van der Waals surface area contributed by atoms with Gasteiger partial charge in [-0.2, -0.15) is 0 Å². The summed E-state index contributed by atoms with van der Waals surface area (Å²) in [6.45, 7) is 2.84. The molecule has 11 heavy (non-hydrogen) atoms. The molecule has 0 amide bonds. The molecule has 1 unspecified atom stereocenters. The van der Waals surface area contributed by atoms with Crippen LogP contribution in [0.1, 0.15) is 32.6 Å². The number of cyclic esters (lactones) is 1. The summed E-state index contributed by atoms with van der Waals surface area (Å²) in [6, 6.07) is 0. The molecule has 1 aliphatic heterocycles. The van der Waals surface area contributed by atoms with Crippen LogP contribution in [-0.2, 0) is 9.53 Å². The topological polar surface area (TPSA) is 26.3 Å². The molecule has 2 aliphatic rings. The third-order valence-corrected chi connectivity index (χ3v) is 3.39. The first-order valence-corrected chi connectivity index (χ1v) is 4.43. The van der Waals surface area contributed by atoms with Gasteiger partial charge in [0.1, 0.15) is 0 Å². The van der Waals surface area contributed by atoms with Gasteiger partial charge in [-0.3, -0.25) is 4.79 Å². The lowest BCUT2D eigenvalue weighted by Crippen LogP contribution is -2.28. The molecule has 0 bridgehead atoms. The molecule has 0 radical (unpaired) electrons. The zero-order valence-electron chi connectivity index (χ0n) is 6.93. The van der Waals surface area contributed by atoms with Crippen LogP contribution in [0.5, 0.6) is 0 Å². The van der Waals surface area contributed by atoms with E-state index in [9.17, 15) is 4.79 Å². The fourth-order valence-corrected chi connectivity index (χ4v) is 2.49. The SMILES string of the molecule is C[C@@H]1CCCC12CCOC2=O. The predicted molar refractivity (Wildman–Crippen MR) is 41.0 cm³/mol. The Morgan fingerprint density at radius 3 is 2.82 bits per heavy atom. The number of carbonyl (C=O) groups excluding carboxylic acids is 1. The number of rotatable bonds is 0. The van der Waals surface area contributed by atoms with Gasteiger partial charge in [0, 0.05) is 0 Å². The Balaban J connectivity index is 2.25. The van der Waals surface area contributed by atoms with Gasteiger partial charge < -0.3 is 4.74 Å². The van der Waals surface area contributed by atoms with Crippen molar-refractivity contribution in [2.45, 2.75) is 32.6 Å². The smallest absolute Gasteiger partial charge is 0.312 e. The molecular weight excluding hydrogens is 140 g/mol. The van der Waals surface area contributed by atoms with E-state index >= 15 is 0 Å². The van der Waals surface area contributed by atoms with Crippen molar-refractivity contribution >= 4 is 5.97 Å². The zero-order valence-corrected chi connectivity index (χ0v) is 6.93. The number of hydrogen-bond donors (Lipinski definition) is 0. The van der Waals surface area contributed by atoms with Crippen LogP contribution in [0.2, 0.25) is 0 Å². The van der Waals surface area contributed by atoms with Crippen molar-refractivity contribution in [1.82, 2.24) is 0 Å². The van der Waals surface area contributed by atoms with Crippen molar-refractivity contribution in [3.05, 3.63) is 0 Å².